The zero-order valence-corrected chi connectivity index (χ0v) is 18.5. The quantitative estimate of drug-likeness (QED) is 0.412. The largest absolute Gasteiger partial charge is 0.495 e. The Balaban J connectivity index is 1.78. The lowest BCUT2D eigenvalue weighted by Gasteiger charge is -2.16. The van der Waals surface area contributed by atoms with Gasteiger partial charge in [-0.3, -0.25) is 0 Å². The van der Waals surface area contributed by atoms with E-state index in [-0.39, 0.29) is 12.2 Å². The molecule has 0 radical (unpaired) electrons. The second-order valence-corrected chi connectivity index (χ2v) is 7.36. The Labute approximate surface area is 190 Å². The van der Waals surface area contributed by atoms with Crippen LogP contribution in [-0.4, -0.2) is 25.3 Å². The van der Waals surface area contributed by atoms with Crippen LogP contribution in [0.15, 0.2) is 54.6 Å². The van der Waals surface area contributed by atoms with Crippen molar-refractivity contribution in [2.45, 2.75) is 13.2 Å². The Bertz CT molecular complexity index is 1090. The molecule has 2 N–H and O–H groups in total. The van der Waals surface area contributed by atoms with E-state index in [1.807, 2.05) is 18.2 Å². The van der Waals surface area contributed by atoms with Crippen molar-refractivity contribution in [1.82, 2.24) is 0 Å². The molecule has 0 fully saturated rings. The first-order chi connectivity index (χ1) is 14.9. The third-order valence-corrected chi connectivity index (χ3v) is 5.31. The molecule has 0 bridgehead atoms. The lowest BCUT2D eigenvalue weighted by Crippen LogP contribution is -2.05. The number of carboxylic acid groups (broad SMARTS) is 1. The molecule has 0 aliphatic heterocycles. The maximum absolute atomic E-state index is 11.3. The lowest BCUT2D eigenvalue weighted by molar-refractivity contribution is 0.0697. The van der Waals surface area contributed by atoms with E-state index in [4.69, 9.17) is 37.4 Å². The minimum Gasteiger partial charge on any atom is -0.495 e. The van der Waals surface area contributed by atoms with E-state index < -0.39 is 5.97 Å². The fourth-order valence-electron chi connectivity index (χ4n) is 2.93. The molecule has 0 unspecified atom stereocenters. The van der Waals surface area contributed by atoms with Crippen molar-refractivity contribution in [3.05, 3.63) is 81.3 Å². The Morgan fingerprint density at radius 1 is 0.903 bits per heavy atom. The number of hydrogen-bond acceptors (Lipinski definition) is 5. The van der Waals surface area contributed by atoms with E-state index in [1.165, 1.54) is 19.2 Å². The SMILES string of the molecule is COc1ccc(C(=O)O)cc1NCc1cc(OC)c(OCc2ccccc2Cl)cc1Cl. The number of aromatic carboxylic acids is 1. The summed E-state index contributed by atoms with van der Waals surface area (Å²) < 4.78 is 16.6. The molecule has 0 saturated heterocycles. The number of hydrogen-bond donors (Lipinski definition) is 2. The molecule has 0 atom stereocenters. The number of benzene rings is 3. The van der Waals surface area contributed by atoms with Gasteiger partial charge in [0.1, 0.15) is 12.4 Å². The Hall–Kier alpha value is -3.09. The van der Waals surface area contributed by atoms with Crippen LogP contribution < -0.4 is 19.5 Å². The van der Waals surface area contributed by atoms with Crippen molar-refractivity contribution in [1.29, 1.82) is 0 Å². The van der Waals surface area contributed by atoms with Crippen molar-refractivity contribution < 1.29 is 24.1 Å². The number of carbonyl (C=O) groups is 1. The first-order valence-corrected chi connectivity index (χ1v) is 10.1. The summed E-state index contributed by atoms with van der Waals surface area (Å²) in [6, 6.07) is 15.5. The average Bonchev–Trinajstić information content (AvgIpc) is 2.77. The molecule has 162 valence electrons. The third-order valence-electron chi connectivity index (χ3n) is 4.59. The molecule has 0 spiro atoms. The number of halogens is 2. The van der Waals surface area contributed by atoms with E-state index in [9.17, 15) is 9.90 Å². The van der Waals surface area contributed by atoms with E-state index in [0.29, 0.717) is 39.5 Å². The summed E-state index contributed by atoms with van der Waals surface area (Å²) in [6.45, 7) is 0.586. The highest BCUT2D eigenvalue weighted by Gasteiger charge is 2.14. The van der Waals surface area contributed by atoms with Gasteiger partial charge in [-0.25, -0.2) is 4.79 Å². The van der Waals surface area contributed by atoms with Gasteiger partial charge in [0, 0.05) is 28.2 Å². The van der Waals surface area contributed by atoms with Crippen LogP contribution in [0.1, 0.15) is 21.5 Å². The predicted octanol–water partition coefficient (Wildman–Crippen LogP) is 5.90. The molecule has 0 heterocycles. The molecular formula is C23H21Cl2NO5. The zero-order chi connectivity index (χ0) is 22.4. The monoisotopic (exact) mass is 461 g/mol. The standard InChI is InChI=1S/C23H21Cl2NO5/c1-29-20-8-7-14(23(27)28)9-19(20)26-12-16-10-21(30-2)22(11-18(16)25)31-13-15-5-3-4-6-17(15)24/h3-11,26H,12-13H2,1-2H3,(H,27,28). The van der Waals surface area contributed by atoms with E-state index >= 15 is 0 Å². The van der Waals surface area contributed by atoms with Crippen molar-refractivity contribution >= 4 is 34.9 Å². The second kappa shape index (κ2) is 10.3. The highest BCUT2D eigenvalue weighted by molar-refractivity contribution is 6.31. The van der Waals surface area contributed by atoms with Gasteiger partial charge in [0.05, 0.1) is 25.5 Å². The summed E-state index contributed by atoms with van der Waals surface area (Å²) in [5.41, 5.74) is 2.27. The highest BCUT2D eigenvalue weighted by Crippen LogP contribution is 2.35. The molecule has 0 amide bonds. The number of carboxylic acids is 1. The third kappa shape index (κ3) is 5.54. The number of rotatable bonds is 9. The van der Waals surface area contributed by atoms with Gasteiger partial charge in [0.25, 0.3) is 0 Å². The van der Waals surface area contributed by atoms with Crippen LogP contribution in [0.3, 0.4) is 0 Å². The number of ether oxygens (including phenoxy) is 3. The summed E-state index contributed by atoms with van der Waals surface area (Å²) >= 11 is 12.6. The summed E-state index contributed by atoms with van der Waals surface area (Å²) in [4.78, 5) is 11.3. The van der Waals surface area contributed by atoms with Crippen molar-refractivity contribution in [2.24, 2.45) is 0 Å². The van der Waals surface area contributed by atoms with E-state index in [1.54, 1.807) is 31.4 Å². The molecule has 0 aromatic heterocycles. The molecule has 31 heavy (non-hydrogen) atoms. The van der Waals surface area contributed by atoms with Gasteiger partial charge < -0.3 is 24.6 Å². The maximum Gasteiger partial charge on any atom is 0.335 e. The molecule has 3 aromatic carbocycles. The van der Waals surface area contributed by atoms with Gasteiger partial charge in [-0.15, -0.1) is 0 Å². The fraction of sp³-hybridized carbons (Fsp3) is 0.174. The van der Waals surface area contributed by atoms with Crippen molar-refractivity contribution in [3.8, 4) is 17.2 Å². The average molecular weight is 462 g/mol. The molecule has 0 aliphatic carbocycles. The summed E-state index contributed by atoms with van der Waals surface area (Å²) in [5, 5.41) is 13.5. The molecule has 8 heteroatoms. The second-order valence-electron chi connectivity index (χ2n) is 6.55. The summed E-state index contributed by atoms with van der Waals surface area (Å²) in [6.07, 6.45) is 0. The van der Waals surface area contributed by atoms with Crippen LogP contribution in [0, 0.1) is 0 Å². The normalized spacial score (nSPS) is 10.5. The van der Waals surface area contributed by atoms with Crippen LogP contribution in [0.25, 0.3) is 0 Å². The van der Waals surface area contributed by atoms with Crippen LogP contribution >= 0.6 is 23.2 Å². The number of anilines is 1. The molecular weight excluding hydrogens is 441 g/mol. The van der Waals surface area contributed by atoms with Crippen LogP contribution in [0.2, 0.25) is 10.0 Å². The van der Waals surface area contributed by atoms with Crippen molar-refractivity contribution in [3.63, 3.8) is 0 Å². The zero-order valence-electron chi connectivity index (χ0n) is 16.9. The highest BCUT2D eigenvalue weighted by atomic mass is 35.5. The Kier molecular flexibility index (Phi) is 7.50. The molecule has 3 rings (SSSR count). The van der Waals surface area contributed by atoms with Gasteiger partial charge in [0.15, 0.2) is 11.5 Å². The molecule has 0 aliphatic rings. The molecule has 6 nitrogen and oxygen atoms in total. The fourth-order valence-corrected chi connectivity index (χ4v) is 3.34. The Morgan fingerprint density at radius 2 is 1.65 bits per heavy atom. The summed E-state index contributed by atoms with van der Waals surface area (Å²) in [5.74, 6) is 0.499. The van der Waals surface area contributed by atoms with Gasteiger partial charge >= 0.3 is 5.97 Å². The molecule has 0 saturated carbocycles. The molecule has 3 aromatic rings. The minimum absolute atomic E-state index is 0.148. The van der Waals surface area contributed by atoms with Crippen molar-refractivity contribution in [2.75, 3.05) is 19.5 Å². The number of methoxy groups -OCH3 is 2. The number of nitrogens with one attached hydrogen (secondary N) is 1. The predicted molar refractivity (Wildman–Crippen MR) is 121 cm³/mol. The maximum atomic E-state index is 11.3. The summed E-state index contributed by atoms with van der Waals surface area (Å²) in [7, 11) is 3.06. The van der Waals surface area contributed by atoms with Gasteiger partial charge in [0.2, 0.25) is 0 Å². The minimum atomic E-state index is -1.02. The van der Waals surface area contributed by atoms with Gasteiger partial charge in [-0.05, 0) is 35.9 Å². The topological polar surface area (TPSA) is 77.0 Å². The van der Waals surface area contributed by atoms with E-state index in [2.05, 4.69) is 5.32 Å². The van der Waals surface area contributed by atoms with E-state index in [0.717, 1.165) is 11.1 Å². The first kappa shape index (κ1) is 22.6. The lowest BCUT2D eigenvalue weighted by atomic mass is 10.1. The Morgan fingerprint density at radius 3 is 2.32 bits per heavy atom. The smallest absolute Gasteiger partial charge is 0.335 e. The van der Waals surface area contributed by atoms with Gasteiger partial charge in [-0.2, -0.15) is 0 Å². The van der Waals surface area contributed by atoms with Gasteiger partial charge in [-0.1, -0.05) is 41.4 Å². The van der Waals surface area contributed by atoms with Crippen LogP contribution in [-0.2, 0) is 13.2 Å². The first-order valence-electron chi connectivity index (χ1n) is 9.30. The van der Waals surface area contributed by atoms with Crippen LogP contribution in [0.5, 0.6) is 17.2 Å². The van der Waals surface area contributed by atoms with Crippen LogP contribution in [0.4, 0.5) is 5.69 Å².